The standard InChI is InChI=1S/C32H51O3PSi2/c1-30(2,3)37(7,8)34-32(35-38(9,10)31(4,5)6)24-17-18-27(26-32)23-25-36(33,28-19-13-11-14-20-28)29-21-15-12-16-22-29/h11-16,19-23H,17-18,24-26H2,1-10H3/b27-23+. The third kappa shape index (κ3) is 7.09. The predicted octanol–water partition coefficient (Wildman–Crippen LogP) is 9.24. The zero-order chi connectivity index (χ0) is 28.5. The second-order valence-electron chi connectivity index (χ2n) is 14.1. The molecule has 1 fully saturated rings. The molecule has 0 spiro atoms. The molecular formula is C32H51O3PSi2. The first-order chi connectivity index (χ1) is 17.4. The summed E-state index contributed by atoms with van der Waals surface area (Å²) in [5.74, 6) is -0.612. The predicted molar refractivity (Wildman–Crippen MR) is 170 cm³/mol. The summed E-state index contributed by atoms with van der Waals surface area (Å²) in [4.78, 5) is 0. The third-order valence-corrected chi connectivity index (χ3v) is 21.0. The molecule has 1 saturated carbocycles. The Morgan fingerprint density at radius 3 is 1.61 bits per heavy atom. The fourth-order valence-electron chi connectivity index (χ4n) is 4.67. The van der Waals surface area contributed by atoms with Crippen LogP contribution in [-0.2, 0) is 13.4 Å². The number of benzene rings is 2. The van der Waals surface area contributed by atoms with E-state index in [4.69, 9.17) is 8.85 Å². The van der Waals surface area contributed by atoms with Gasteiger partial charge in [-0.2, -0.15) is 0 Å². The molecule has 0 amide bonds. The zero-order valence-electron chi connectivity index (χ0n) is 25.6. The molecule has 0 unspecified atom stereocenters. The molecule has 6 heteroatoms. The van der Waals surface area contributed by atoms with Crippen molar-refractivity contribution in [2.75, 3.05) is 6.16 Å². The number of hydrogen-bond acceptors (Lipinski definition) is 3. The highest BCUT2D eigenvalue weighted by molar-refractivity contribution is 7.78. The van der Waals surface area contributed by atoms with Crippen molar-refractivity contribution in [3.63, 3.8) is 0 Å². The SMILES string of the molecule is CC(C)(C)[Si](C)(C)OC1(O[Si](C)(C)C(C)(C)C)CCC/C(=C\CP(=O)(c2ccccc2)c2ccccc2)C1. The number of rotatable bonds is 8. The molecule has 210 valence electrons. The van der Waals surface area contributed by atoms with Gasteiger partial charge in [0.2, 0.25) is 0 Å². The maximum Gasteiger partial charge on any atom is 0.195 e. The molecule has 2 aromatic rings. The summed E-state index contributed by atoms with van der Waals surface area (Å²) in [6.45, 7) is 23.1. The van der Waals surface area contributed by atoms with Crippen LogP contribution in [0.5, 0.6) is 0 Å². The van der Waals surface area contributed by atoms with Gasteiger partial charge in [0.25, 0.3) is 0 Å². The molecule has 0 saturated heterocycles. The van der Waals surface area contributed by atoms with E-state index in [0.717, 1.165) is 36.3 Å². The average Bonchev–Trinajstić information content (AvgIpc) is 2.81. The fourth-order valence-corrected chi connectivity index (χ4v) is 10.2. The lowest BCUT2D eigenvalue weighted by Gasteiger charge is -2.52. The molecule has 0 aromatic heterocycles. The molecule has 0 heterocycles. The van der Waals surface area contributed by atoms with E-state index in [9.17, 15) is 4.57 Å². The molecule has 0 bridgehead atoms. The van der Waals surface area contributed by atoms with Gasteiger partial charge in [0, 0.05) is 29.6 Å². The van der Waals surface area contributed by atoms with Gasteiger partial charge in [-0.1, -0.05) is 114 Å². The lowest BCUT2D eigenvalue weighted by molar-refractivity contribution is -0.145. The Morgan fingerprint density at radius 1 is 0.789 bits per heavy atom. The van der Waals surface area contributed by atoms with Crippen LogP contribution < -0.4 is 10.6 Å². The van der Waals surface area contributed by atoms with Crippen LogP contribution in [0, 0.1) is 0 Å². The maximum atomic E-state index is 14.6. The normalized spacial score (nSPS) is 18.5. The minimum Gasteiger partial charge on any atom is -0.390 e. The van der Waals surface area contributed by atoms with Crippen LogP contribution in [0.15, 0.2) is 72.3 Å². The smallest absolute Gasteiger partial charge is 0.195 e. The van der Waals surface area contributed by atoms with E-state index >= 15 is 0 Å². The summed E-state index contributed by atoms with van der Waals surface area (Å²) < 4.78 is 29.1. The highest BCUT2D eigenvalue weighted by Gasteiger charge is 2.51. The van der Waals surface area contributed by atoms with Crippen molar-refractivity contribution < 1.29 is 13.4 Å². The molecular weight excluding hydrogens is 519 g/mol. The minimum atomic E-state index is -2.81. The van der Waals surface area contributed by atoms with E-state index in [0.29, 0.717) is 6.16 Å². The molecule has 3 nitrogen and oxygen atoms in total. The lowest BCUT2D eigenvalue weighted by Crippen LogP contribution is -2.57. The molecule has 38 heavy (non-hydrogen) atoms. The van der Waals surface area contributed by atoms with Crippen molar-refractivity contribution >= 4 is 34.4 Å². The van der Waals surface area contributed by atoms with Gasteiger partial charge < -0.3 is 13.4 Å². The first-order valence-electron chi connectivity index (χ1n) is 14.2. The van der Waals surface area contributed by atoms with Crippen LogP contribution in [0.3, 0.4) is 0 Å². The van der Waals surface area contributed by atoms with Crippen LogP contribution in [-0.4, -0.2) is 28.6 Å². The van der Waals surface area contributed by atoms with Gasteiger partial charge in [-0.3, -0.25) is 0 Å². The van der Waals surface area contributed by atoms with Crippen LogP contribution >= 0.6 is 7.14 Å². The lowest BCUT2D eigenvalue weighted by atomic mass is 9.90. The molecule has 1 aliphatic carbocycles. The molecule has 0 radical (unpaired) electrons. The van der Waals surface area contributed by atoms with Crippen LogP contribution in [0.1, 0.15) is 67.2 Å². The first-order valence-corrected chi connectivity index (χ1v) is 21.9. The number of hydrogen-bond donors (Lipinski definition) is 0. The van der Waals surface area contributed by atoms with E-state index in [1.54, 1.807) is 0 Å². The van der Waals surface area contributed by atoms with Gasteiger partial charge >= 0.3 is 0 Å². The monoisotopic (exact) mass is 570 g/mol. The summed E-state index contributed by atoms with van der Waals surface area (Å²) in [7, 11) is -7.01. The van der Waals surface area contributed by atoms with Gasteiger partial charge in [0.1, 0.15) is 7.14 Å². The van der Waals surface area contributed by atoms with Crippen LogP contribution in [0.25, 0.3) is 0 Å². The van der Waals surface area contributed by atoms with Crippen molar-refractivity contribution in [2.45, 2.75) is 109 Å². The second-order valence-corrected chi connectivity index (χ2v) is 26.4. The largest absolute Gasteiger partial charge is 0.390 e. The van der Waals surface area contributed by atoms with Crippen molar-refractivity contribution in [1.29, 1.82) is 0 Å². The summed E-state index contributed by atoms with van der Waals surface area (Å²) in [5, 5.41) is 2.02. The Balaban J connectivity index is 2.00. The van der Waals surface area contributed by atoms with Gasteiger partial charge in [-0.05, 0) is 49.1 Å². The van der Waals surface area contributed by atoms with Crippen molar-refractivity contribution in [1.82, 2.24) is 0 Å². The van der Waals surface area contributed by atoms with Gasteiger partial charge in [0.15, 0.2) is 22.4 Å². The molecule has 0 aliphatic heterocycles. The van der Waals surface area contributed by atoms with E-state index in [1.807, 2.05) is 60.7 Å². The Kier molecular flexibility index (Phi) is 9.33. The first kappa shape index (κ1) is 31.3. The topological polar surface area (TPSA) is 35.5 Å². The Morgan fingerprint density at radius 2 is 1.21 bits per heavy atom. The van der Waals surface area contributed by atoms with Crippen LogP contribution in [0.2, 0.25) is 36.3 Å². The van der Waals surface area contributed by atoms with Crippen molar-refractivity contribution in [2.24, 2.45) is 0 Å². The molecule has 2 aromatic carbocycles. The summed E-state index contributed by atoms with van der Waals surface area (Å²) in [6, 6.07) is 20.0. The van der Waals surface area contributed by atoms with Gasteiger partial charge in [-0.15, -0.1) is 0 Å². The summed E-state index contributed by atoms with van der Waals surface area (Å²) in [6.07, 6.45) is 6.49. The fraction of sp³-hybridized carbons (Fsp3) is 0.562. The summed E-state index contributed by atoms with van der Waals surface area (Å²) >= 11 is 0. The minimum absolute atomic E-state index is 0.0917. The van der Waals surface area contributed by atoms with E-state index in [1.165, 1.54) is 5.57 Å². The van der Waals surface area contributed by atoms with E-state index in [2.05, 4.69) is 73.8 Å². The Hall–Kier alpha value is -1.24. The van der Waals surface area contributed by atoms with Crippen LogP contribution in [0.4, 0.5) is 0 Å². The van der Waals surface area contributed by atoms with E-state index < -0.39 is 29.6 Å². The Bertz CT molecular complexity index is 1070. The Labute approximate surface area is 235 Å². The van der Waals surface area contributed by atoms with Crippen molar-refractivity contribution in [3.8, 4) is 0 Å². The average molecular weight is 571 g/mol. The maximum absolute atomic E-state index is 14.6. The van der Waals surface area contributed by atoms with Gasteiger partial charge in [0.05, 0.1) is 0 Å². The van der Waals surface area contributed by atoms with Gasteiger partial charge in [-0.25, -0.2) is 0 Å². The third-order valence-electron chi connectivity index (χ3n) is 9.03. The van der Waals surface area contributed by atoms with Crippen molar-refractivity contribution in [3.05, 3.63) is 72.3 Å². The molecule has 1 aliphatic rings. The molecule has 0 N–H and O–H groups in total. The quantitative estimate of drug-likeness (QED) is 0.137. The van der Waals surface area contributed by atoms with E-state index in [-0.39, 0.29) is 10.1 Å². The zero-order valence-corrected chi connectivity index (χ0v) is 28.5. The highest BCUT2D eigenvalue weighted by Crippen LogP contribution is 2.50. The summed E-state index contributed by atoms with van der Waals surface area (Å²) in [5.41, 5.74) is 1.32. The highest BCUT2D eigenvalue weighted by atomic mass is 31.2. The number of allylic oxidation sites excluding steroid dienone is 1. The second kappa shape index (κ2) is 11.3. The molecule has 0 atom stereocenters. The molecule has 3 rings (SSSR count).